The fraction of sp³-hybridized carbons (Fsp3) is 0.162. The highest BCUT2D eigenvalue weighted by Gasteiger charge is 2.35. The number of rotatable bonds is 10. The van der Waals surface area contributed by atoms with Crippen molar-refractivity contribution in [2.75, 3.05) is 20.8 Å². The van der Waals surface area contributed by atoms with Gasteiger partial charge in [0.05, 0.1) is 42.7 Å². The van der Waals surface area contributed by atoms with E-state index in [9.17, 15) is 9.59 Å². The number of hydrogen-bond donors (Lipinski definition) is 0. The molecule has 1 atom stereocenters. The average Bonchev–Trinajstić information content (AvgIpc) is 3.41. The van der Waals surface area contributed by atoms with Crippen molar-refractivity contribution in [3.63, 3.8) is 0 Å². The molecule has 0 amide bonds. The molecule has 0 aliphatic carbocycles. The quantitative estimate of drug-likeness (QED) is 0.188. The van der Waals surface area contributed by atoms with Crippen LogP contribution in [0.25, 0.3) is 11.8 Å². The van der Waals surface area contributed by atoms with Crippen LogP contribution in [0.4, 0.5) is 0 Å². The summed E-state index contributed by atoms with van der Waals surface area (Å²) in [7, 11) is 3.10. The number of methoxy groups -OCH3 is 2. The van der Waals surface area contributed by atoms with Crippen LogP contribution in [0, 0.1) is 0 Å². The van der Waals surface area contributed by atoms with E-state index in [0.717, 1.165) is 22.4 Å². The van der Waals surface area contributed by atoms with Crippen molar-refractivity contribution in [3.8, 4) is 17.2 Å². The molecule has 0 N–H and O–H groups in total. The van der Waals surface area contributed by atoms with Gasteiger partial charge in [0.1, 0.15) is 12.4 Å². The number of benzene rings is 4. The summed E-state index contributed by atoms with van der Waals surface area (Å²) in [6, 6.07) is 31.5. The largest absolute Gasteiger partial charge is 0.493 e. The fourth-order valence-electron chi connectivity index (χ4n) is 5.33. The predicted octanol–water partition coefficient (Wildman–Crippen LogP) is 5.53. The molecule has 0 radical (unpaired) electrons. The molecule has 1 aliphatic rings. The van der Waals surface area contributed by atoms with Crippen molar-refractivity contribution in [1.82, 2.24) is 4.57 Å². The molecule has 1 aromatic heterocycles. The number of fused-ring (bicyclic) bond motifs is 1. The molecule has 6 rings (SSSR count). The second kappa shape index (κ2) is 13.7. The van der Waals surface area contributed by atoms with E-state index >= 15 is 0 Å². The Hall–Kier alpha value is -5.41. The van der Waals surface area contributed by atoms with Gasteiger partial charge in [-0.05, 0) is 54.0 Å². The maximum atomic E-state index is 14.2. The van der Waals surface area contributed by atoms with Gasteiger partial charge in [-0.3, -0.25) is 9.36 Å². The van der Waals surface area contributed by atoms with Gasteiger partial charge in [0.15, 0.2) is 16.3 Å². The summed E-state index contributed by atoms with van der Waals surface area (Å²) < 4.78 is 24.6. The summed E-state index contributed by atoms with van der Waals surface area (Å²) in [5.74, 6) is 1.17. The summed E-state index contributed by atoms with van der Waals surface area (Å²) >= 11 is 1.26. The lowest BCUT2D eigenvalue weighted by atomic mass is 9.93. The smallest absolute Gasteiger partial charge is 0.338 e. The zero-order valence-electron chi connectivity index (χ0n) is 25.6. The highest BCUT2D eigenvalue weighted by molar-refractivity contribution is 7.07. The Bertz CT molecular complexity index is 2070. The second-order valence-corrected chi connectivity index (χ2v) is 11.4. The number of thiazole rings is 1. The van der Waals surface area contributed by atoms with E-state index in [2.05, 4.69) is 0 Å². The van der Waals surface area contributed by atoms with Gasteiger partial charge in [-0.1, -0.05) is 90.2 Å². The molecule has 232 valence electrons. The number of carbonyl (C=O) groups excluding carboxylic acids is 1. The van der Waals surface area contributed by atoms with Gasteiger partial charge >= 0.3 is 5.97 Å². The summed E-state index contributed by atoms with van der Waals surface area (Å²) in [5, 5.41) is 0. The molecule has 9 heteroatoms. The Labute approximate surface area is 270 Å². The molecule has 0 bridgehead atoms. The van der Waals surface area contributed by atoms with Gasteiger partial charge < -0.3 is 18.9 Å². The number of ether oxygens (including phenoxy) is 4. The molecule has 5 aromatic rings. The van der Waals surface area contributed by atoms with Gasteiger partial charge in [0.25, 0.3) is 5.56 Å². The lowest BCUT2D eigenvalue weighted by molar-refractivity contribution is -0.138. The van der Waals surface area contributed by atoms with Crippen LogP contribution in [-0.2, 0) is 16.1 Å². The van der Waals surface area contributed by atoms with E-state index in [-0.39, 0.29) is 17.7 Å². The van der Waals surface area contributed by atoms with Crippen LogP contribution >= 0.6 is 11.3 Å². The van der Waals surface area contributed by atoms with Crippen LogP contribution in [0.5, 0.6) is 17.2 Å². The van der Waals surface area contributed by atoms with Crippen molar-refractivity contribution in [1.29, 1.82) is 0 Å². The van der Waals surface area contributed by atoms with Crippen molar-refractivity contribution >= 4 is 29.1 Å². The molecule has 8 nitrogen and oxygen atoms in total. The first-order valence-corrected chi connectivity index (χ1v) is 15.6. The van der Waals surface area contributed by atoms with E-state index in [1.54, 1.807) is 37.8 Å². The van der Waals surface area contributed by atoms with E-state index < -0.39 is 12.0 Å². The average molecular weight is 633 g/mol. The third-order valence-corrected chi connectivity index (χ3v) is 8.51. The summed E-state index contributed by atoms with van der Waals surface area (Å²) in [6.45, 7) is 2.37. The maximum absolute atomic E-state index is 14.2. The first-order chi connectivity index (χ1) is 22.5. The highest BCUT2D eigenvalue weighted by atomic mass is 32.1. The number of hydrogen-bond acceptors (Lipinski definition) is 8. The van der Waals surface area contributed by atoms with E-state index in [4.69, 9.17) is 23.9 Å². The molecule has 1 aliphatic heterocycles. The van der Waals surface area contributed by atoms with Gasteiger partial charge in [-0.15, -0.1) is 0 Å². The Morgan fingerprint density at radius 1 is 0.891 bits per heavy atom. The minimum Gasteiger partial charge on any atom is -0.493 e. The SMILES string of the molecule is CCOC(=O)C1=C(c2ccccc2)N=c2s/c(=C\c3ccc(OCc4ccccc4)cc3)c(=O)n2C1c1ccc(OC)c(OC)c1. The van der Waals surface area contributed by atoms with Crippen LogP contribution in [0.3, 0.4) is 0 Å². The minimum atomic E-state index is -0.832. The molecule has 1 unspecified atom stereocenters. The first kappa shape index (κ1) is 30.6. The zero-order chi connectivity index (χ0) is 32.0. The third kappa shape index (κ3) is 6.23. The predicted molar refractivity (Wildman–Crippen MR) is 178 cm³/mol. The van der Waals surface area contributed by atoms with Crippen molar-refractivity contribution < 1.29 is 23.7 Å². The Balaban J connectivity index is 1.48. The summed E-state index contributed by atoms with van der Waals surface area (Å²) in [5.41, 5.74) is 3.73. The molecule has 2 heterocycles. The zero-order valence-corrected chi connectivity index (χ0v) is 26.5. The van der Waals surface area contributed by atoms with Crippen LogP contribution in [0.2, 0.25) is 0 Å². The molecule has 0 fully saturated rings. The molecule has 4 aromatic carbocycles. The molecule has 0 saturated heterocycles. The van der Waals surface area contributed by atoms with Crippen LogP contribution in [0.15, 0.2) is 118 Å². The maximum Gasteiger partial charge on any atom is 0.338 e. The van der Waals surface area contributed by atoms with Gasteiger partial charge in [0.2, 0.25) is 0 Å². The lowest BCUT2D eigenvalue weighted by Gasteiger charge is -2.26. The fourth-order valence-corrected chi connectivity index (χ4v) is 6.33. The molecule has 46 heavy (non-hydrogen) atoms. The van der Waals surface area contributed by atoms with E-state index in [1.807, 2.05) is 97.1 Å². The Kier molecular flexibility index (Phi) is 9.12. The highest BCUT2D eigenvalue weighted by Crippen LogP contribution is 2.38. The molecule has 0 spiro atoms. The molecular weight excluding hydrogens is 600 g/mol. The monoisotopic (exact) mass is 632 g/mol. The third-order valence-electron chi connectivity index (χ3n) is 7.52. The summed E-state index contributed by atoms with van der Waals surface area (Å²) in [4.78, 5) is 33.3. The molecule has 0 saturated carbocycles. The first-order valence-electron chi connectivity index (χ1n) is 14.8. The van der Waals surface area contributed by atoms with Crippen molar-refractivity contribution in [2.45, 2.75) is 19.6 Å². The minimum absolute atomic E-state index is 0.165. The number of nitrogens with zero attached hydrogens (tertiary/aromatic N) is 2. The summed E-state index contributed by atoms with van der Waals surface area (Å²) in [6.07, 6.45) is 1.83. The van der Waals surface area contributed by atoms with Crippen LogP contribution in [0.1, 0.15) is 35.2 Å². The van der Waals surface area contributed by atoms with E-state index in [1.165, 1.54) is 11.3 Å². The standard InChI is InChI=1S/C37H32N2O6S/c1-4-44-36(41)32-33(26-13-9-6-10-14-26)38-37-39(34(32)27-17-20-29(42-2)30(22-27)43-3)35(40)31(46-37)21-24-15-18-28(19-16-24)45-23-25-11-7-5-8-12-25/h5-22,34H,4,23H2,1-3H3/b31-21-. The van der Waals surface area contributed by atoms with E-state index in [0.29, 0.717) is 38.7 Å². The van der Waals surface area contributed by atoms with Gasteiger partial charge in [-0.2, -0.15) is 0 Å². The second-order valence-electron chi connectivity index (χ2n) is 10.4. The van der Waals surface area contributed by atoms with Gasteiger partial charge in [0, 0.05) is 5.56 Å². The number of carbonyl (C=O) groups is 1. The van der Waals surface area contributed by atoms with Crippen molar-refractivity contribution in [3.05, 3.63) is 151 Å². The Morgan fingerprint density at radius 3 is 2.26 bits per heavy atom. The number of aromatic nitrogens is 1. The normalized spacial score (nSPS) is 14.3. The van der Waals surface area contributed by atoms with Crippen molar-refractivity contribution in [2.24, 2.45) is 4.99 Å². The number of esters is 1. The van der Waals surface area contributed by atoms with Crippen LogP contribution < -0.4 is 29.1 Å². The lowest BCUT2D eigenvalue weighted by Crippen LogP contribution is -2.40. The van der Waals surface area contributed by atoms with Gasteiger partial charge in [-0.25, -0.2) is 9.79 Å². The van der Waals surface area contributed by atoms with Crippen LogP contribution in [-0.4, -0.2) is 31.4 Å². The molecular formula is C37H32N2O6S. The topological polar surface area (TPSA) is 88.4 Å². The Morgan fingerprint density at radius 2 is 1.59 bits per heavy atom.